The second kappa shape index (κ2) is 6.47. The van der Waals surface area contributed by atoms with Crippen LogP contribution in [0, 0.1) is 13.8 Å². The second-order valence-electron chi connectivity index (χ2n) is 4.88. The quantitative estimate of drug-likeness (QED) is 0.815. The van der Waals surface area contributed by atoms with E-state index in [1.807, 2.05) is 0 Å². The highest BCUT2D eigenvalue weighted by atomic mass is 16.5. The van der Waals surface area contributed by atoms with Crippen molar-refractivity contribution >= 4 is 5.97 Å². The van der Waals surface area contributed by atoms with Gasteiger partial charge in [-0.1, -0.05) is 6.07 Å². The topological polar surface area (TPSA) is 57.5 Å². The molecule has 0 bridgehead atoms. The van der Waals surface area contributed by atoms with Gasteiger partial charge in [-0.3, -0.25) is 9.36 Å². The first-order valence-corrected chi connectivity index (χ1v) is 7.04. The standard InChI is InChI=1S/C17H19NO4/c1-5-22-17(20)16-11(2)9-15(19)18(12(16)3)13-7-6-8-14(10-13)21-4/h6-10H,5H2,1-4H3. The number of nitrogens with zero attached hydrogens (tertiary/aromatic N) is 1. The van der Waals surface area contributed by atoms with Gasteiger partial charge in [0.25, 0.3) is 5.56 Å². The Bertz CT molecular complexity index is 762. The zero-order valence-electron chi connectivity index (χ0n) is 13.2. The van der Waals surface area contributed by atoms with Crippen LogP contribution in [0.3, 0.4) is 0 Å². The van der Waals surface area contributed by atoms with Crippen molar-refractivity contribution in [2.24, 2.45) is 0 Å². The van der Waals surface area contributed by atoms with Crippen molar-refractivity contribution in [2.45, 2.75) is 20.8 Å². The lowest BCUT2D eigenvalue weighted by Crippen LogP contribution is -2.24. The Labute approximate surface area is 129 Å². The van der Waals surface area contributed by atoms with Crippen LogP contribution in [-0.2, 0) is 4.74 Å². The molecule has 0 saturated carbocycles. The molecule has 1 aromatic heterocycles. The summed E-state index contributed by atoms with van der Waals surface area (Å²) in [4.78, 5) is 24.5. The van der Waals surface area contributed by atoms with Crippen molar-refractivity contribution < 1.29 is 14.3 Å². The van der Waals surface area contributed by atoms with Crippen LogP contribution in [0.25, 0.3) is 5.69 Å². The molecular formula is C17H19NO4. The lowest BCUT2D eigenvalue weighted by atomic mass is 10.1. The van der Waals surface area contributed by atoms with Crippen molar-refractivity contribution in [1.29, 1.82) is 0 Å². The molecule has 0 N–H and O–H groups in total. The Morgan fingerprint density at radius 2 is 1.95 bits per heavy atom. The molecule has 0 aliphatic rings. The molecule has 0 radical (unpaired) electrons. The number of carbonyl (C=O) groups excluding carboxylic acids is 1. The Morgan fingerprint density at radius 3 is 2.59 bits per heavy atom. The zero-order chi connectivity index (χ0) is 16.3. The highest BCUT2D eigenvalue weighted by Crippen LogP contribution is 2.20. The molecule has 0 fully saturated rings. The monoisotopic (exact) mass is 301 g/mol. The molecular weight excluding hydrogens is 282 g/mol. The fourth-order valence-electron chi connectivity index (χ4n) is 2.47. The maximum absolute atomic E-state index is 12.4. The molecule has 0 atom stereocenters. The fraction of sp³-hybridized carbons (Fsp3) is 0.294. The van der Waals surface area contributed by atoms with Gasteiger partial charge in [0.05, 0.1) is 25.0 Å². The molecule has 0 spiro atoms. The molecule has 0 unspecified atom stereocenters. The Kier molecular flexibility index (Phi) is 4.65. The number of rotatable bonds is 4. The normalized spacial score (nSPS) is 10.4. The summed E-state index contributed by atoms with van der Waals surface area (Å²) in [6.07, 6.45) is 0. The third kappa shape index (κ3) is 2.88. The number of aryl methyl sites for hydroxylation is 1. The van der Waals surface area contributed by atoms with Crippen LogP contribution in [0.5, 0.6) is 5.75 Å². The maximum atomic E-state index is 12.4. The molecule has 1 heterocycles. The number of hydrogen-bond acceptors (Lipinski definition) is 4. The van der Waals surface area contributed by atoms with Gasteiger partial charge in [0.1, 0.15) is 5.75 Å². The van der Waals surface area contributed by atoms with Gasteiger partial charge in [-0.25, -0.2) is 4.79 Å². The van der Waals surface area contributed by atoms with Gasteiger partial charge < -0.3 is 9.47 Å². The van der Waals surface area contributed by atoms with Gasteiger partial charge in [0, 0.05) is 17.8 Å². The Morgan fingerprint density at radius 1 is 1.23 bits per heavy atom. The summed E-state index contributed by atoms with van der Waals surface area (Å²) in [5.74, 6) is 0.219. The van der Waals surface area contributed by atoms with Gasteiger partial charge in [-0.05, 0) is 38.5 Å². The number of methoxy groups -OCH3 is 1. The van der Waals surface area contributed by atoms with Crippen molar-refractivity contribution in [2.75, 3.05) is 13.7 Å². The molecule has 0 aliphatic heterocycles. The van der Waals surface area contributed by atoms with Crippen LogP contribution in [0.4, 0.5) is 0 Å². The van der Waals surface area contributed by atoms with E-state index in [0.29, 0.717) is 28.3 Å². The number of esters is 1. The lowest BCUT2D eigenvalue weighted by Gasteiger charge is -2.16. The summed E-state index contributed by atoms with van der Waals surface area (Å²) in [7, 11) is 1.56. The molecule has 116 valence electrons. The number of aromatic nitrogens is 1. The molecule has 2 rings (SSSR count). The molecule has 5 heteroatoms. The van der Waals surface area contributed by atoms with Crippen LogP contribution in [0.15, 0.2) is 35.1 Å². The average Bonchev–Trinajstić information content (AvgIpc) is 2.47. The summed E-state index contributed by atoms with van der Waals surface area (Å²) >= 11 is 0. The largest absolute Gasteiger partial charge is 0.497 e. The first-order chi connectivity index (χ1) is 10.5. The summed E-state index contributed by atoms with van der Waals surface area (Å²) in [5, 5.41) is 0. The molecule has 0 aliphatic carbocycles. The van der Waals surface area contributed by atoms with E-state index in [2.05, 4.69) is 0 Å². The predicted molar refractivity (Wildman–Crippen MR) is 84.0 cm³/mol. The smallest absolute Gasteiger partial charge is 0.340 e. The maximum Gasteiger partial charge on any atom is 0.340 e. The van der Waals surface area contributed by atoms with Gasteiger partial charge in [-0.2, -0.15) is 0 Å². The second-order valence-corrected chi connectivity index (χ2v) is 4.88. The number of pyridine rings is 1. The van der Waals surface area contributed by atoms with Crippen molar-refractivity contribution in [3.05, 3.63) is 57.5 Å². The van der Waals surface area contributed by atoms with E-state index in [1.165, 1.54) is 10.6 Å². The minimum atomic E-state index is -0.422. The Hall–Kier alpha value is -2.56. The van der Waals surface area contributed by atoms with E-state index in [-0.39, 0.29) is 12.2 Å². The minimum absolute atomic E-state index is 0.198. The van der Waals surface area contributed by atoms with E-state index in [1.54, 1.807) is 52.1 Å². The van der Waals surface area contributed by atoms with E-state index in [0.717, 1.165) is 0 Å². The van der Waals surface area contributed by atoms with Crippen LogP contribution in [0.1, 0.15) is 28.5 Å². The van der Waals surface area contributed by atoms with E-state index in [9.17, 15) is 9.59 Å². The highest BCUT2D eigenvalue weighted by molar-refractivity contribution is 5.92. The number of benzene rings is 1. The summed E-state index contributed by atoms with van der Waals surface area (Å²) in [6, 6.07) is 8.58. The fourth-order valence-corrected chi connectivity index (χ4v) is 2.47. The van der Waals surface area contributed by atoms with E-state index >= 15 is 0 Å². The first-order valence-electron chi connectivity index (χ1n) is 7.04. The molecule has 2 aromatic rings. The van der Waals surface area contributed by atoms with Gasteiger partial charge in [0.15, 0.2) is 0 Å². The minimum Gasteiger partial charge on any atom is -0.497 e. The molecule has 0 amide bonds. The molecule has 1 aromatic carbocycles. The molecule has 22 heavy (non-hydrogen) atoms. The van der Waals surface area contributed by atoms with Gasteiger partial charge >= 0.3 is 5.97 Å². The van der Waals surface area contributed by atoms with Crippen LogP contribution in [0.2, 0.25) is 0 Å². The summed E-state index contributed by atoms with van der Waals surface area (Å²) < 4.78 is 11.8. The number of ether oxygens (including phenoxy) is 2. The van der Waals surface area contributed by atoms with Crippen LogP contribution in [-0.4, -0.2) is 24.3 Å². The SMILES string of the molecule is CCOC(=O)c1c(C)cc(=O)n(-c2cccc(OC)c2)c1C. The van der Waals surface area contributed by atoms with Crippen LogP contribution < -0.4 is 10.3 Å². The summed E-state index contributed by atoms with van der Waals surface area (Å²) in [5.41, 5.74) is 2.03. The van der Waals surface area contributed by atoms with E-state index in [4.69, 9.17) is 9.47 Å². The van der Waals surface area contributed by atoms with Crippen LogP contribution >= 0.6 is 0 Å². The van der Waals surface area contributed by atoms with Crippen molar-refractivity contribution in [3.63, 3.8) is 0 Å². The van der Waals surface area contributed by atoms with Gasteiger partial charge in [-0.15, -0.1) is 0 Å². The average molecular weight is 301 g/mol. The third-order valence-electron chi connectivity index (χ3n) is 3.44. The van der Waals surface area contributed by atoms with Crippen molar-refractivity contribution in [1.82, 2.24) is 4.57 Å². The third-order valence-corrected chi connectivity index (χ3v) is 3.44. The van der Waals surface area contributed by atoms with E-state index < -0.39 is 5.97 Å². The number of carbonyl (C=O) groups is 1. The number of hydrogen-bond donors (Lipinski definition) is 0. The highest BCUT2D eigenvalue weighted by Gasteiger charge is 2.18. The van der Waals surface area contributed by atoms with Gasteiger partial charge in [0.2, 0.25) is 0 Å². The lowest BCUT2D eigenvalue weighted by molar-refractivity contribution is 0.0523. The Balaban J connectivity index is 2.68. The van der Waals surface area contributed by atoms with Crippen molar-refractivity contribution in [3.8, 4) is 11.4 Å². The first kappa shape index (κ1) is 15.8. The predicted octanol–water partition coefficient (Wildman–Crippen LogP) is 2.64. The molecule has 5 nitrogen and oxygen atoms in total. The zero-order valence-corrected chi connectivity index (χ0v) is 13.2. The summed E-state index contributed by atoms with van der Waals surface area (Å²) in [6.45, 7) is 5.51. The molecule has 0 saturated heterocycles.